The van der Waals surface area contributed by atoms with Crippen LogP contribution in [0.5, 0.6) is 0 Å². The summed E-state index contributed by atoms with van der Waals surface area (Å²) in [7, 11) is -4.30. The number of carbonyl (C=O) groups excluding carboxylic acids is 1. The van der Waals surface area contributed by atoms with Gasteiger partial charge in [-0.1, -0.05) is 23.7 Å². The molecule has 0 aliphatic rings. The second-order valence-electron chi connectivity index (χ2n) is 2.63. The third-order valence-electron chi connectivity index (χ3n) is 1.49. The van der Waals surface area contributed by atoms with Crippen LogP contribution in [-0.2, 0) is 10.1 Å². The van der Waals surface area contributed by atoms with Gasteiger partial charge in [-0.25, -0.2) is 0 Å². The molecule has 0 bridgehead atoms. The van der Waals surface area contributed by atoms with Gasteiger partial charge in [0.2, 0.25) is 0 Å². The lowest BCUT2D eigenvalue weighted by Crippen LogP contribution is -2.15. The molecule has 0 fully saturated rings. The van der Waals surface area contributed by atoms with Crippen LogP contribution < -0.4 is 0 Å². The van der Waals surface area contributed by atoms with Crippen LogP contribution >= 0.6 is 11.6 Å². The van der Waals surface area contributed by atoms with Gasteiger partial charge in [-0.05, 0) is 12.1 Å². The van der Waals surface area contributed by atoms with Crippen LogP contribution in [0.3, 0.4) is 0 Å². The summed E-state index contributed by atoms with van der Waals surface area (Å²) in [5, 5.41) is 0.168. The number of hydrogen-bond acceptors (Lipinski definition) is 3. The molecular weight excluding hydrogens is 228 g/mol. The molecule has 14 heavy (non-hydrogen) atoms. The van der Waals surface area contributed by atoms with Crippen molar-refractivity contribution in [1.82, 2.24) is 0 Å². The van der Waals surface area contributed by atoms with E-state index in [4.69, 9.17) is 16.2 Å². The van der Waals surface area contributed by atoms with Gasteiger partial charge in [0.1, 0.15) is 5.75 Å². The van der Waals surface area contributed by atoms with Crippen LogP contribution in [0.2, 0.25) is 5.02 Å². The highest BCUT2D eigenvalue weighted by atomic mass is 35.5. The molecule has 0 amide bonds. The fraction of sp³-hybridized carbons (Fsp3) is 0.125. The first-order chi connectivity index (χ1) is 6.40. The molecule has 0 saturated carbocycles. The second-order valence-corrected chi connectivity index (χ2v) is 4.49. The maximum absolute atomic E-state index is 11.3. The van der Waals surface area contributed by atoms with Gasteiger partial charge >= 0.3 is 0 Å². The second kappa shape index (κ2) is 4.08. The summed E-state index contributed by atoms with van der Waals surface area (Å²) in [6.45, 7) is 0. The van der Waals surface area contributed by atoms with Gasteiger partial charge in [0.05, 0.1) is 5.02 Å². The molecule has 1 aromatic rings. The first-order valence-electron chi connectivity index (χ1n) is 3.63. The van der Waals surface area contributed by atoms with Crippen LogP contribution in [0, 0.1) is 0 Å². The lowest BCUT2D eigenvalue weighted by Gasteiger charge is -2.00. The molecule has 0 saturated heterocycles. The summed E-state index contributed by atoms with van der Waals surface area (Å²) in [5.41, 5.74) is 0.0896. The predicted octanol–water partition coefficient (Wildman–Crippen LogP) is 1.41. The van der Waals surface area contributed by atoms with E-state index in [-0.39, 0.29) is 10.6 Å². The Morgan fingerprint density at radius 3 is 2.43 bits per heavy atom. The monoisotopic (exact) mass is 234 g/mol. The average Bonchev–Trinajstić information content (AvgIpc) is 2.01. The lowest BCUT2D eigenvalue weighted by atomic mass is 10.1. The minimum Gasteiger partial charge on any atom is -0.293 e. The lowest BCUT2D eigenvalue weighted by molar-refractivity contribution is 0.101. The van der Waals surface area contributed by atoms with E-state index in [1.54, 1.807) is 12.1 Å². The quantitative estimate of drug-likeness (QED) is 0.634. The molecule has 0 aromatic heterocycles. The van der Waals surface area contributed by atoms with E-state index in [9.17, 15) is 13.2 Å². The molecule has 1 N–H and O–H groups in total. The molecule has 0 aliphatic carbocycles. The fourth-order valence-corrected chi connectivity index (χ4v) is 1.66. The third-order valence-corrected chi connectivity index (χ3v) is 2.44. The van der Waals surface area contributed by atoms with E-state index >= 15 is 0 Å². The number of Topliss-reactive ketones (excluding diaryl/α,β-unsaturated/α-hetero) is 1. The van der Waals surface area contributed by atoms with Crippen LogP contribution in [-0.4, -0.2) is 24.5 Å². The summed E-state index contributed by atoms with van der Waals surface area (Å²) in [4.78, 5) is 11.3. The predicted molar refractivity (Wildman–Crippen MR) is 52.2 cm³/mol. The van der Waals surface area contributed by atoms with E-state index in [1.807, 2.05) is 0 Å². The summed E-state index contributed by atoms with van der Waals surface area (Å²) < 4.78 is 29.3. The number of rotatable bonds is 3. The van der Waals surface area contributed by atoms with Gasteiger partial charge in [0.15, 0.2) is 5.78 Å². The summed E-state index contributed by atoms with van der Waals surface area (Å²) in [6.07, 6.45) is 0. The Kier molecular flexibility index (Phi) is 3.25. The molecule has 76 valence electrons. The first kappa shape index (κ1) is 11.2. The Bertz CT molecular complexity index is 452. The van der Waals surface area contributed by atoms with E-state index in [0.29, 0.717) is 0 Å². The maximum atomic E-state index is 11.3. The number of ketones is 1. The Labute approximate surface area is 86.3 Å². The SMILES string of the molecule is O=C(CS(=O)(=O)O)c1ccccc1Cl. The van der Waals surface area contributed by atoms with Crippen molar-refractivity contribution in [2.75, 3.05) is 5.75 Å². The summed E-state index contributed by atoms with van der Waals surface area (Å²) >= 11 is 5.65. The van der Waals surface area contributed by atoms with Crippen molar-refractivity contribution in [3.63, 3.8) is 0 Å². The zero-order valence-electron chi connectivity index (χ0n) is 6.97. The zero-order chi connectivity index (χ0) is 10.8. The molecule has 0 heterocycles. The van der Waals surface area contributed by atoms with Crippen molar-refractivity contribution >= 4 is 27.5 Å². The fourth-order valence-electron chi connectivity index (χ4n) is 0.931. The summed E-state index contributed by atoms with van der Waals surface area (Å²) in [6, 6.07) is 6.05. The highest BCUT2D eigenvalue weighted by Gasteiger charge is 2.16. The first-order valence-corrected chi connectivity index (χ1v) is 5.62. The Morgan fingerprint density at radius 2 is 1.93 bits per heavy atom. The Morgan fingerprint density at radius 1 is 1.36 bits per heavy atom. The van der Waals surface area contributed by atoms with Crippen LogP contribution in [0.15, 0.2) is 24.3 Å². The smallest absolute Gasteiger partial charge is 0.272 e. The van der Waals surface area contributed by atoms with Crippen molar-refractivity contribution < 1.29 is 17.8 Å². The van der Waals surface area contributed by atoms with Crippen molar-refractivity contribution in [3.8, 4) is 0 Å². The number of hydrogen-bond donors (Lipinski definition) is 1. The molecule has 1 aromatic carbocycles. The van der Waals surface area contributed by atoms with Gasteiger partial charge in [0, 0.05) is 5.56 Å². The van der Waals surface area contributed by atoms with E-state index in [1.165, 1.54) is 12.1 Å². The van der Waals surface area contributed by atoms with Crippen molar-refractivity contribution in [2.45, 2.75) is 0 Å². The van der Waals surface area contributed by atoms with Crippen molar-refractivity contribution in [2.24, 2.45) is 0 Å². The van der Waals surface area contributed by atoms with Crippen LogP contribution in [0.1, 0.15) is 10.4 Å². The molecule has 0 unspecified atom stereocenters. The van der Waals surface area contributed by atoms with E-state index in [2.05, 4.69) is 0 Å². The molecule has 0 spiro atoms. The number of benzene rings is 1. The molecule has 0 aliphatic heterocycles. The van der Waals surface area contributed by atoms with Crippen LogP contribution in [0.4, 0.5) is 0 Å². The number of carbonyl (C=O) groups is 1. The van der Waals surface area contributed by atoms with Gasteiger partial charge < -0.3 is 0 Å². The molecule has 6 heteroatoms. The van der Waals surface area contributed by atoms with Gasteiger partial charge in [-0.2, -0.15) is 8.42 Å². The third kappa shape index (κ3) is 3.10. The summed E-state index contributed by atoms with van der Waals surface area (Å²) in [5.74, 6) is -1.67. The highest BCUT2D eigenvalue weighted by Crippen LogP contribution is 2.15. The van der Waals surface area contributed by atoms with Crippen molar-refractivity contribution in [3.05, 3.63) is 34.9 Å². The maximum Gasteiger partial charge on any atom is 0.272 e. The molecule has 1 rings (SSSR count). The van der Waals surface area contributed by atoms with Gasteiger partial charge in [-0.15, -0.1) is 0 Å². The molecule has 0 atom stereocenters. The zero-order valence-corrected chi connectivity index (χ0v) is 8.55. The normalized spacial score (nSPS) is 11.3. The van der Waals surface area contributed by atoms with Gasteiger partial charge in [-0.3, -0.25) is 9.35 Å². The average molecular weight is 235 g/mol. The largest absolute Gasteiger partial charge is 0.293 e. The van der Waals surface area contributed by atoms with Gasteiger partial charge in [0.25, 0.3) is 10.1 Å². The van der Waals surface area contributed by atoms with E-state index < -0.39 is 21.7 Å². The Hall–Kier alpha value is -0.910. The van der Waals surface area contributed by atoms with E-state index in [0.717, 1.165) is 0 Å². The molecular formula is C8H7ClO4S. The minimum atomic E-state index is -4.30. The highest BCUT2D eigenvalue weighted by molar-refractivity contribution is 7.86. The van der Waals surface area contributed by atoms with Crippen LogP contribution in [0.25, 0.3) is 0 Å². The standard InChI is InChI=1S/C8H7ClO4S/c9-7-4-2-1-3-6(7)8(10)5-14(11,12)13/h1-4H,5H2,(H,11,12,13). The number of halogens is 1. The molecule has 4 nitrogen and oxygen atoms in total. The Balaban J connectivity index is 2.97. The molecule has 0 radical (unpaired) electrons. The topological polar surface area (TPSA) is 71.4 Å². The van der Waals surface area contributed by atoms with Crippen molar-refractivity contribution in [1.29, 1.82) is 0 Å². The minimum absolute atomic E-state index is 0.0896.